The van der Waals surface area contributed by atoms with Crippen molar-refractivity contribution in [2.24, 2.45) is 5.16 Å². The van der Waals surface area contributed by atoms with Gasteiger partial charge in [0.25, 0.3) is 0 Å². The number of nitrogens with one attached hydrogen (secondary N) is 2. The number of oxime groups is 1. The molecule has 2 aromatic carbocycles. The number of para-hydroxylation sites is 1. The Labute approximate surface area is 183 Å². The highest BCUT2D eigenvalue weighted by Gasteiger charge is 2.29. The van der Waals surface area contributed by atoms with Gasteiger partial charge in [0.2, 0.25) is 0 Å². The van der Waals surface area contributed by atoms with E-state index in [9.17, 15) is 0 Å². The van der Waals surface area contributed by atoms with Crippen LogP contribution < -0.4 is 10.6 Å². The number of hydrogen-bond donors (Lipinski definition) is 3. The van der Waals surface area contributed by atoms with Crippen LogP contribution in [0, 0.1) is 0 Å². The predicted molar refractivity (Wildman–Crippen MR) is 121 cm³/mol. The zero-order valence-corrected chi connectivity index (χ0v) is 18.1. The molecule has 2 aliphatic rings. The van der Waals surface area contributed by atoms with E-state index in [0.29, 0.717) is 33.0 Å². The molecule has 30 heavy (non-hydrogen) atoms. The molecule has 2 aromatic rings. The van der Waals surface area contributed by atoms with Gasteiger partial charge in [0, 0.05) is 39.1 Å². The van der Waals surface area contributed by atoms with E-state index in [4.69, 9.17) is 19.4 Å². The average molecular weight is 474 g/mol. The minimum Gasteiger partial charge on any atom is -0.394 e. The van der Waals surface area contributed by atoms with Gasteiger partial charge in [-0.25, -0.2) is 0 Å². The molecule has 0 fully saturated rings. The molecule has 0 saturated heterocycles. The largest absolute Gasteiger partial charge is 0.394 e. The number of halogens is 1. The summed E-state index contributed by atoms with van der Waals surface area (Å²) in [6.07, 6.45) is 0. The number of hydrogen-bond acceptors (Lipinski definition) is 7. The molecule has 0 saturated carbocycles. The number of nitrogens with zero attached hydrogens (tertiary/aromatic N) is 1. The normalized spacial score (nSPS) is 18.1. The summed E-state index contributed by atoms with van der Waals surface area (Å²) in [5.41, 5.74) is 7.21. The van der Waals surface area contributed by atoms with Crippen molar-refractivity contribution in [3.8, 4) is 0 Å². The molecule has 0 amide bonds. The van der Waals surface area contributed by atoms with Crippen molar-refractivity contribution < 1.29 is 19.4 Å². The van der Waals surface area contributed by atoms with Crippen molar-refractivity contribution in [3.63, 3.8) is 0 Å². The highest BCUT2D eigenvalue weighted by Crippen LogP contribution is 2.39. The Morgan fingerprint density at radius 1 is 0.933 bits per heavy atom. The van der Waals surface area contributed by atoms with Crippen LogP contribution in [0.15, 0.2) is 57.8 Å². The Bertz CT molecular complexity index is 961. The smallest absolute Gasteiger partial charge is 0.140 e. The van der Waals surface area contributed by atoms with Gasteiger partial charge in [-0.05, 0) is 18.2 Å². The third kappa shape index (κ3) is 4.67. The van der Waals surface area contributed by atoms with E-state index < -0.39 is 0 Å². The molecule has 0 spiro atoms. The van der Waals surface area contributed by atoms with Crippen LogP contribution in [0.2, 0.25) is 0 Å². The van der Waals surface area contributed by atoms with Crippen molar-refractivity contribution in [1.29, 1.82) is 0 Å². The van der Waals surface area contributed by atoms with Crippen molar-refractivity contribution in [2.75, 3.05) is 56.8 Å². The number of fused-ring (bicyclic) bond motifs is 2. The van der Waals surface area contributed by atoms with E-state index >= 15 is 0 Å². The number of anilines is 2. The van der Waals surface area contributed by atoms with Crippen LogP contribution in [0.4, 0.5) is 11.4 Å². The summed E-state index contributed by atoms with van der Waals surface area (Å²) in [6.45, 7) is 2.73. The topological polar surface area (TPSA) is 84.3 Å². The molecule has 0 unspecified atom stereocenters. The minimum atomic E-state index is 0.0191. The van der Waals surface area contributed by atoms with Gasteiger partial charge in [-0.2, -0.15) is 0 Å². The Kier molecular flexibility index (Phi) is 7.01. The molecule has 2 heterocycles. The van der Waals surface area contributed by atoms with Gasteiger partial charge in [0.15, 0.2) is 0 Å². The summed E-state index contributed by atoms with van der Waals surface area (Å²) < 4.78 is 11.6. The van der Waals surface area contributed by atoms with Crippen molar-refractivity contribution >= 4 is 38.6 Å². The van der Waals surface area contributed by atoms with Gasteiger partial charge in [-0.3, -0.25) is 0 Å². The van der Waals surface area contributed by atoms with Crippen molar-refractivity contribution in [1.82, 2.24) is 0 Å². The Morgan fingerprint density at radius 2 is 1.73 bits per heavy atom. The molecule has 0 atom stereocenters. The lowest BCUT2D eigenvalue weighted by atomic mass is 10.0. The van der Waals surface area contributed by atoms with Crippen LogP contribution >= 0.6 is 15.9 Å². The standard InChI is InChI=1S/C22H24BrN3O4/c23-15-5-6-16-18(14-24-20(16)13-15)21-22(17-3-1-2-4-19(17)25-21)26-30-12-11-29-10-9-28-8-7-27/h1-6,13,24-25,27H,7-12,14H2/b21-18+,26-22+. The number of ether oxygens (including phenoxy) is 2. The van der Waals surface area contributed by atoms with Gasteiger partial charge < -0.3 is 30.1 Å². The van der Waals surface area contributed by atoms with E-state index in [1.165, 1.54) is 0 Å². The first-order valence-corrected chi connectivity index (χ1v) is 10.7. The summed E-state index contributed by atoms with van der Waals surface area (Å²) in [4.78, 5) is 5.58. The number of benzene rings is 2. The molecule has 158 valence electrons. The van der Waals surface area contributed by atoms with E-state index in [0.717, 1.165) is 50.5 Å². The van der Waals surface area contributed by atoms with Crippen LogP contribution in [0.25, 0.3) is 5.57 Å². The zero-order chi connectivity index (χ0) is 20.8. The van der Waals surface area contributed by atoms with Gasteiger partial charge in [0.05, 0.1) is 38.7 Å². The van der Waals surface area contributed by atoms with Crippen LogP contribution in [0.5, 0.6) is 0 Å². The first kappa shape index (κ1) is 20.9. The summed E-state index contributed by atoms with van der Waals surface area (Å²) >= 11 is 3.53. The van der Waals surface area contributed by atoms with Gasteiger partial charge in [-0.15, -0.1) is 0 Å². The molecule has 0 aromatic heterocycles. The maximum atomic E-state index is 8.66. The number of aliphatic hydroxyl groups excluding tert-OH is 1. The fourth-order valence-corrected chi connectivity index (χ4v) is 3.82. The maximum Gasteiger partial charge on any atom is 0.140 e. The van der Waals surface area contributed by atoms with Crippen LogP contribution in [0.3, 0.4) is 0 Å². The molecule has 4 rings (SSSR count). The fourth-order valence-electron chi connectivity index (χ4n) is 3.46. The SMILES string of the molecule is OCCOCCOCCO/N=C1/C(=C2/CNc3cc(Br)ccc32)Nc2ccccc21. The van der Waals surface area contributed by atoms with Crippen LogP contribution in [0.1, 0.15) is 11.1 Å². The van der Waals surface area contributed by atoms with E-state index in [-0.39, 0.29) is 6.61 Å². The molecule has 7 nitrogen and oxygen atoms in total. The maximum absolute atomic E-state index is 8.66. The van der Waals surface area contributed by atoms with E-state index in [1.54, 1.807) is 0 Å². The molecule has 0 radical (unpaired) electrons. The zero-order valence-electron chi connectivity index (χ0n) is 16.5. The lowest BCUT2D eigenvalue weighted by molar-refractivity contribution is 0.00875. The Balaban J connectivity index is 1.47. The van der Waals surface area contributed by atoms with Gasteiger partial charge in [0.1, 0.15) is 12.3 Å². The van der Waals surface area contributed by atoms with E-state index in [1.807, 2.05) is 30.3 Å². The molecular weight excluding hydrogens is 450 g/mol. The summed E-state index contributed by atoms with van der Waals surface area (Å²) in [6, 6.07) is 14.3. The number of rotatable bonds is 9. The summed E-state index contributed by atoms with van der Waals surface area (Å²) in [5.74, 6) is 0. The van der Waals surface area contributed by atoms with Crippen LogP contribution in [-0.4, -0.2) is 57.0 Å². The quantitative estimate of drug-likeness (QED) is 0.382. The molecule has 0 aliphatic carbocycles. The third-order valence-electron chi connectivity index (χ3n) is 4.83. The first-order chi connectivity index (χ1) is 14.8. The molecule has 0 bridgehead atoms. The molecular formula is C22H24BrN3O4. The lowest BCUT2D eigenvalue weighted by Crippen LogP contribution is -2.11. The third-order valence-corrected chi connectivity index (χ3v) is 5.32. The minimum absolute atomic E-state index is 0.0191. The predicted octanol–water partition coefficient (Wildman–Crippen LogP) is 3.46. The molecule has 3 N–H and O–H groups in total. The van der Waals surface area contributed by atoms with Gasteiger partial charge >= 0.3 is 0 Å². The molecule has 8 heteroatoms. The second kappa shape index (κ2) is 10.1. The van der Waals surface area contributed by atoms with Crippen LogP contribution in [-0.2, 0) is 14.3 Å². The second-order valence-electron chi connectivity index (χ2n) is 6.79. The fraction of sp³-hybridized carbons (Fsp3) is 0.318. The van der Waals surface area contributed by atoms with Crippen molar-refractivity contribution in [3.05, 3.63) is 63.8 Å². The van der Waals surface area contributed by atoms with Crippen molar-refractivity contribution in [2.45, 2.75) is 0 Å². The summed E-state index contributed by atoms with van der Waals surface area (Å²) in [7, 11) is 0. The summed E-state index contributed by atoms with van der Waals surface area (Å²) in [5, 5.41) is 20.1. The van der Waals surface area contributed by atoms with Gasteiger partial charge in [-0.1, -0.05) is 45.4 Å². The Hall–Kier alpha value is -2.39. The van der Waals surface area contributed by atoms with E-state index in [2.05, 4.69) is 43.9 Å². The molecule has 2 aliphatic heterocycles. The highest BCUT2D eigenvalue weighted by atomic mass is 79.9. The second-order valence-corrected chi connectivity index (χ2v) is 7.70. The first-order valence-electron chi connectivity index (χ1n) is 9.88. The number of aliphatic hydroxyl groups is 1. The lowest BCUT2D eigenvalue weighted by Gasteiger charge is -2.08. The average Bonchev–Trinajstić information content (AvgIpc) is 3.33. The Morgan fingerprint density at radius 3 is 2.60 bits per heavy atom. The monoisotopic (exact) mass is 473 g/mol. The number of allylic oxidation sites excluding steroid dienone is 1. The highest BCUT2D eigenvalue weighted by molar-refractivity contribution is 9.10.